The van der Waals surface area contributed by atoms with E-state index in [0.717, 1.165) is 0 Å². The Balaban J connectivity index is 1.49. The van der Waals surface area contributed by atoms with Gasteiger partial charge in [0, 0.05) is 18.8 Å². The van der Waals surface area contributed by atoms with E-state index in [4.69, 9.17) is 4.74 Å². The van der Waals surface area contributed by atoms with Crippen molar-refractivity contribution in [1.29, 1.82) is 0 Å². The molecule has 0 bridgehead atoms. The van der Waals surface area contributed by atoms with Crippen molar-refractivity contribution in [2.45, 2.75) is 17.7 Å². The number of carbonyl (C=O) groups is 2. The van der Waals surface area contributed by atoms with Crippen LogP contribution in [0.4, 0.5) is 15.8 Å². The van der Waals surface area contributed by atoms with Gasteiger partial charge in [0.25, 0.3) is 5.91 Å². The molecular weight excluding hydrogens is 413 g/mol. The van der Waals surface area contributed by atoms with E-state index in [1.165, 1.54) is 46.8 Å². The van der Waals surface area contributed by atoms with Gasteiger partial charge in [0.1, 0.15) is 11.6 Å². The highest BCUT2D eigenvalue weighted by molar-refractivity contribution is 7.89. The first-order valence-electron chi connectivity index (χ1n) is 9.46. The van der Waals surface area contributed by atoms with Gasteiger partial charge >= 0.3 is 0 Å². The number of nitrogens with zero attached hydrogens (tertiary/aromatic N) is 1. The minimum absolute atomic E-state index is 0.0200. The summed E-state index contributed by atoms with van der Waals surface area (Å²) in [4.78, 5) is 24.1. The predicted molar refractivity (Wildman–Crippen MR) is 107 cm³/mol. The van der Waals surface area contributed by atoms with Crippen LogP contribution < -0.4 is 15.4 Å². The number of benzene rings is 2. The number of amides is 2. The van der Waals surface area contributed by atoms with E-state index in [1.807, 2.05) is 0 Å². The van der Waals surface area contributed by atoms with E-state index in [0.29, 0.717) is 36.5 Å². The molecule has 1 fully saturated rings. The Morgan fingerprint density at radius 2 is 1.97 bits per heavy atom. The van der Waals surface area contributed by atoms with Gasteiger partial charge in [-0.15, -0.1) is 0 Å². The Morgan fingerprint density at radius 1 is 1.20 bits per heavy atom. The molecule has 2 aromatic carbocycles. The third-order valence-corrected chi connectivity index (χ3v) is 6.95. The summed E-state index contributed by atoms with van der Waals surface area (Å²) in [6.07, 6.45) is 1.08. The van der Waals surface area contributed by atoms with Crippen molar-refractivity contribution in [2.75, 3.05) is 30.3 Å². The Bertz CT molecular complexity index is 1090. The van der Waals surface area contributed by atoms with Gasteiger partial charge in [-0.25, -0.2) is 12.8 Å². The standard InChI is InChI=1S/C20H20FN3O5S/c21-14-3-5-15(6-4-14)22-20(26)13-2-1-9-24(11-13)30(27,28)16-7-8-18-17(10-16)23-19(25)12-29-18/h3-8,10,13H,1-2,9,11-12H2,(H,22,26)(H,23,25). The number of hydrogen-bond donors (Lipinski definition) is 2. The van der Waals surface area contributed by atoms with Crippen LogP contribution in [0, 0.1) is 11.7 Å². The molecule has 1 saturated heterocycles. The van der Waals surface area contributed by atoms with Crippen LogP contribution >= 0.6 is 0 Å². The number of piperidine rings is 1. The molecule has 158 valence electrons. The molecule has 2 heterocycles. The number of fused-ring (bicyclic) bond motifs is 1. The normalized spacial score (nSPS) is 19.4. The van der Waals surface area contributed by atoms with Gasteiger partial charge in [0.05, 0.1) is 16.5 Å². The molecule has 10 heteroatoms. The van der Waals surface area contributed by atoms with Crippen LogP contribution in [0.25, 0.3) is 0 Å². The largest absolute Gasteiger partial charge is 0.482 e. The second-order valence-corrected chi connectivity index (χ2v) is 9.13. The molecule has 0 aromatic heterocycles. The first-order valence-corrected chi connectivity index (χ1v) is 10.9. The van der Waals surface area contributed by atoms with Crippen molar-refractivity contribution in [3.63, 3.8) is 0 Å². The van der Waals surface area contributed by atoms with Crippen molar-refractivity contribution in [2.24, 2.45) is 5.92 Å². The molecule has 0 aliphatic carbocycles. The summed E-state index contributed by atoms with van der Waals surface area (Å²) in [7, 11) is -3.86. The van der Waals surface area contributed by atoms with Crippen molar-refractivity contribution < 1.29 is 27.1 Å². The van der Waals surface area contributed by atoms with Gasteiger partial charge in [-0.05, 0) is 55.3 Å². The van der Waals surface area contributed by atoms with Crippen molar-refractivity contribution in [1.82, 2.24) is 4.31 Å². The number of hydrogen-bond acceptors (Lipinski definition) is 5. The fourth-order valence-electron chi connectivity index (χ4n) is 3.52. The van der Waals surface area contributed by atoms with Crippen molar-refractivity contribution in [3.05, 3.63) is 48.3 Å². The van der Waals surface area contributed by atoms with Gasteiger partial charge in [-0.1, -0.05) is 0 Å². The zero-order valence-electron chi connectivity index (χ0n) is 15.9. The van der Waals surface area contributed by atoms with Crippen LogP contribution in [0.1, 0.15) is 12.8 Å². The number of halogens is 1. The Hall–Kier alpha value is -2.98. The number of rotatable bonds is 4. The number of nitrogens with one attached hydrogen (secondary N) is 2. The molecule has 0 saturated carbocycles. The first-order chi connectivity index (χ1) is 14.3. The minimum atomic E-state index is -3.86. The molecule has 2 N–H and O–H groups in total. The predicted octanol–water partition coefficient (Wildman–Crippen LogP) is 2.20. The van der Waals surface area contributed by atoms with Gasteiger partial charge in [-0.2, -0.15) is 4.31 Å². The summed E-state index contributed by atoms with van der Waals surface area (Å²) in [5.41, 5.74) is 0.752. The topological polar surface area (TPSA) is 105 Å². The van der Waals surface area contributed by atoms with Crippen LogP contribution in [-0.2, 0) is 19.6 Å². The molecule has 2 aromatic rings. The molecule has 2 aliphatic rings. The lowest BCUT2D eigenvalue weighted by atomic mass is 9.99. The molecule has 8 nitrogen and oxygen atoms in total. The number of sulfonamides is 1. The molecule has 0 spiro atoms. The fourth-order valence-corrected chi connectivity index (χ4v) is 5.07. The maximum absolute atomic E-state index is 13.1. The SMILES string of the molecule is O=C1COc2ccc(S(=O)(=O)N3CCCC(C(=O)Nc4ccc(F)cc4)C3)cc2N1. The van der Waals surface area contributed by atoms with Crippen LogP contribution in [0.3, 0.4) is 0 Å². The molecule has 1 unspecified atom stereocenters. The van der Waals surface area contributed by atoms with Crippen LogP contribution in [-0.4, -0.2) is 44.2 Å². The molecule has 30 heavy (non-hydrogen) atoms. The molecule has 1 atom stereocenters. The Labute approximate surface area is 173 Å². The second-order valence-electron chi connectivity index (χ2n) is 7.19. The lowest BCUT2D eigenvalue weighted by Crippen LogP contribution is -2.43. The van der Waals surface area contributed by atoms with E-state index < -0.39 is 21.8 Å². The third-order valence-electron chi connectivity index (χ3n) is 5.09. The summed E-state index contributed by atoms with van der Waals surface area (Å²) >= 11 is 0. The summed E-state index contributed by atoms with van der Waals surface area (Å²) in [5, 5.41) is 5.30. The molecule has 4 rings (SSSR count). The van der Waals surface area contributed by atoms with Gasteiger partial charge < -0.3 is 15.4 Å². The Morgan fingerprint density at radius 3 is 2.73 bits per heavy atom. The number of ether oxygens (including phenoxy) is 1. The Kier molecular flexibility index (Phi) is 5.44. The van der Waals surface area contributed by atoms with E-state index in [1.54, 1.807) is 0 Å². The second kappa shape index (κ2) is 8.04. The van der Waals surface area contributed by atoms with Crippen LogP contribution in [0.5, 0.6) is 5.75 Å². The fraction of sp³-hybridized carbons (Fsp3) is 0.300. The molecular formula is C20H20FN3O5S. The summed E-state index contributed by atoms with van der Waals surface area (Å²) < 4.78 is 45.8. The van der Waals surface area contributed by atoms with Crippen LogP contribution in [0.2, 0.25) is 0 Å². The molecule has 0 radical (unpaired) electrons. The highest BCUT2D eigenvalue weighted by atomic mass is 32.2. The molecule has 2 aliphatic heterocycles. The maximum atomic E-state index is 13.1. The first kappa shape index (κ1) is 20.3. The van der Waals surface area contributed by atoms with Crippen molar-refractivity contribution >= 4 is 33.2 Å². The minimum Gasteiger partial charge on any atom is -0.482 e. The smallest absolute Gasteiger partial charge is 0.262 e. The lowest BCUT2D eigenvalue weighted by molar-refractivity contribution is -0.121. The van der Waals surface area contributed by atoms with Gasteiger partial charge in [-0.3, -0.25) is 9.59 Å². The van der Waals surface area contributed by atoms with E-state index >= 15 is 0 Å². The average molecular weight is 433 g/mol. The summed E-state index contributed by atoms with van der Waals surface area (Å²) in [6.45, 7) is 0.216. The zero-order valence-corrected chi connectivity index (χ0v) is 16.7. The van der Waals surface area contributed by atoms with Crippen molar-refractivity contribution in [3.8, 4) is 5.75 Å². The highest BCUT2D eigenvalue weighted by Crippen LogP contribution is 2.32. The number of anilines is 2. The summed E-state index contributed by atoms with van der Waals surface area (Å²) in [5.74, 6) is -1.20. The monoisotopic (exact) mass is 433 g/mol. The number of carbonyl (C=O) groups excluding carboxylic acids is 2. The maximum Gasteiger partial charge on any atom is 0.262 e. The third kappa shape index (κ3) is 4.14. The van der Waals surface area contributed by atoms with E-state index in [9.17, 15) is 22.4 Å². The van der Waals surface area contributed by atoms with E-state index in [2.05, 4.69) is 10.6 Å². The zero-order chi connectivity index (χ0) is 21.3. The molecule has 2 amide bonds. The van der Waals surface area contributed by atoms with E-state index in [-0.39, 0.29) is 29.9 Å². The average Bonchev–Trinajstić information content (AvgIpc) is 2.75. The summed E-state index contributed by atoms with van der Waals surface area (Å²) in [6, 6.07) is 9.68. The quantitative estimate of drug-likeness (QED) is 0.769. The van der Waals surface area contributed by atoms with Crippen LogP contribution in [0.15, 0.2) is 47.4 Å². The lowest BCUT2D eigenvalue weighted by Gasteiger charge is -2.31. The van der Waals surface area contributed by atoms with Gasteiger partial charge in [0.2, 0.25) is 15.9 Å². The van der Waals surface area contributed by atoms with Gasteiger partial charge in [0.15, 0.2) is 6.61 Å². The highest BCUT2D eigenvalue weighted by Gasteiger charge is 2.34.